The van der Waals surface area contributed by atoms with Gasteiger partial charge in [0.05, 0.1) is 12.2 Å². The third kappa shape index (κ3) is 5.15. The van der Waals surface area contributed by atoms with Gasteiger partial charge in [-0.15, -0.1) is 0 Å². The zero-order valence-electron chi connectivity index (χ0n) is 18.0. The second kappa shape index (κ2) is 7.33. The standard InChI is InChI=1S/C18H40O5Si2/c1-12-14(22-24(8,9)17(2,3)4)13(19)15(16(20)21-12)23-25(10,11)18(5,6)7/h12-16,19-20H,1-11H3/t12-,13+,14+,15-,16+/m0/s1. The van der Waals surface area contributed by atoms with Crippen molar-refractivity contribution >= 4 is 16.6 Å². The maximum Gasteiger partial charge on any atom is 0.192 e. The van der Waals surface area contributed by atoms with Gasteiger partial charge in [0.25, 0.3) is 0 Å². The van der Waals surface area contributed by atoms with Crippen molar-refractivity contribution in [2.24, 2.45) is 0 Å². The van der Waals surface area contributed by atoms with Gasteiger partial charge in [0.2, 0.25) is 0 Å². The molecule has 5 atom stereocenters. The molecule has 1 aliphatic rings. The van der Waals surface area contributed by atoms with Crippen LogP contribution in [-0.4, -0.2) is 57.6 Å². The first kappa shape index (κ1) is 23.3. The Morgan fingerprint density at radius 2 is 1.12 bits per heavy atom. The Bertz CT molecular complexity index is 413. The largest absolute Gasteiger partial charge is 0.409 e. The van der Waals surface area contributed by atoms with Gasteiger partial charge in [0.15, 0.2) is 22.9 Å². The molecule has 7 heteroatoms. The minimum absolute atomic E-state index is 0.0225. The van der Waals surface area contributed by atoms with Crippen LogP contribution in [0.1, 0.15) is 48.5 Å². The van der Waals surface area contributed by atoms with Crippen LogP contribution in [0.4, 0.5) is 0 Å². The number of aliphatic hydroxyl groups excluding tert-OH is 2. The molecule has 1 heterocycles. The fourth-order valence-corrected chi connectivity index (χ4v) is 4.99. The zero-order chi connectivity index (χ0) is 20.0. The Morgan fingerprint density at radius 3 is 1.48 bits per heavy atom. The highest BCUT2D eigenvalue weighted by Gasteiger charge is 2.51. The highest BCUT2D eigenvalue weighted by atomic mass is 28.4. The van der Waals surface area contributed by atoms with E-state index in [2.05, 4.69) is 67.7 Å². The molecule has 0 amide bonds. The molecule has 1 aliphatic heterocycles. The third-order valence-corrected chi connectivity index (χ3v) is 15.2. The summed E-state index contributed by atoms with van der Waals surface area (Å²) >= 11 is 0. The molecule has 0 saturated carbocycles. The molecular formula is C18H40O5Si2. The molecule has 1 fully saturated rings. The smallest absolute Gasteiger partial charge is 0.192 e. The summed E-state index contributed by atoms with van der Waals surface area (Å²) in [6.45, 7) is 23.3. The van der Waals surface area contributed by atoms with Crippen molar-refractivity contribution in [3.8, 4) is 0 Å². The van der Waals surface area contributed by atoms with Crippen LogP contribution in [0.2, 0.25) is 36.3 Å². The summed E-state index contributed by atoms with van der Waals surface area (Å²) in [4.78, 5) is 0. The molecular weight excluding hydrogens is 352 g/mol. The Labute approximate surface area is 156 Å². The van der Waals surface area contributed by atoms with Crippen molar-refractivity contribution in [1.82, 2.24) is 0 Å². The molecule has 0 aromatic rings. The van der Waals surface area contributed by atoms with Crippen LogP contribution in [0.3, 0.4) is 0 Å². The van der Waals surface area contributed by atoms with E-state index < -0.39 is 47.3 Å². The summed E-state index contributed by atoms with van der Waals surface area (Å²) in [7, 11) is -4.26. The van der Waals surface area contributed by atoms with Crippen molar-refractivity contribution in [1.29, 1.82) is 0 Å². The number of rotatable bonds is 4. The normalized spacial score (nSPS) is 32.8. The maximum absolute atomic E-state index is 11.0. The highest BCUT2D eigenvalue weighted by molar-refractivity contribution is 6.74. The predicted molar refractivity (Wildman–Crippen MR) is 107 cm³/mol. The Balaban J connectivity index is 3.04. The molecule has 25 heavy (non-hydrogen) atoms. The van der Waals surface area contributed by atoms with Crippen molar-refractivity contribution in [2.45, 2.75) is 115 Å². The van der Waals surface area contributed by atoms with Crippen LogP contribution in [0, 0.1) is 0 Å². The summed E-state index contributed by atoms with van der Waals surface area (Å²) in [6, 6.07) is 0. The Morgan fingerprint density at radius 1 is 0.760 bits per heavy atom. The number of hydrogen-bond acceptors (Lipinski definition) is 5. The molecule has 0 radical (unpaired) electrons. The number of aliphatic hydroxyl groups is 2. The van der Waals surface area contributed by atoms with E-state index in [0.717, 1.165) is 0 Å². The average Bonchev–Trinajstić information content (AvgIpc) is 2.37. The van der Waals surface area contributed by atoms with Gasteiger partial charge >= 0.3 is 0 Å². The molecule has 0 aromatic carbocycles. The Kier molecular flexibility index (Phi) is 6.83. The van der Waals surface area contributed by atoms with E-state index in [4.69, 9.17) is 13.6 Å². The van der Waals surface area contributed by atoms with Crippen LogP contribution in [0.25, 0.3) is 0 Å². The van der Waals surface area contributed by atoms with Crippen LogP contribution < -0.4 is 0 Å². The minimum atomic E-state index is -2.17. The Hall–Kier alpha value is 0.234. The van der Waals surface area contributed by atoms with E-state index in [9.17, 15) is 10.2 Å². The van der Waals surface area contributed by atoms with Crippen LogP contribution >= 0.6 is 0 Å². The van der Waals surface area contributed by atoms with Gasteiger partial charge in [0.1, 0.15) is 12.2 Å². The van der Waals surface area contributed by atoms with E-state index in [-0.39, 0.29) is 10.1 Å². The first-order valence-electron chi connectivity index (χ1n) is 9.28. The number of ether oxygens (including phenoxy) is 1. The molecule has 150 valence electrons. The van der Waals surface area contributed by atoms with Crippen molar-refractivity contribution < 1.29 is 23.8 Å². The first-order chi connectivity index (χ1) is 10.9. The molecule has 0 aliphatic carbocycles. The highest BCUT2D eigenvalue weighted by Crippen LogP contribution is 2.42. The van der Waals surface area contributed by atoms with Crippen LogP contribution in [-0.2, 0) is 13.6 Å². The SMILES string of the molecule is C[C@@H]1O[C@@H](O)[C@@H](O[Si](C)(C)C(C)(C)C)[C@H](O)[C@@H]1O[Si](C)(C)C(C)(C)C. The van der Waals surface area contributed by atoms with Crippen LogP contribution in [0.15, 0.2) is 0 Å². The quantitative estimate of drug-likeness (QED) is 0.711. The van der Waals surface area contributed by atoms with E-state index >= 15 is 0 Å². The lowest BCUT2D eigenvalue weighted by Gasteiger charge is -2.49. The molecule has 0 spiro atoms. The monoisotopic (exact) mass is 392 g/mol. The molecule has 0 bridgehead atoms. The molecule has 5 nitrogen and oxygen atoms in total. The van der Waals surface area contributed by atoms with E-state index in [1.54, 1.807) is 0 Å². The predicted octanol–water partition coefficient (Wildman–Crippen LogP) is 3.87. The van der Waals surface area contributed by atoms with Crippen molar-refractivity contribution in [2.75, 3.05) is 0 Å². The van der Waals surface area contributed by atoms with Gasteiger partial charge in [-0.2, -0.15) is 0 Å². The fraction of sp³-hybridized carbons (Fsp3) is 1.00. The number of hydrogen-bond donors (Lipinski definition) is 2. The van der Waals surface area contributed by atoms with Gasteiger partial charge in [-0.1, -0.05) is 41.5 Å². The summed E-state index contributed by atoms with van der Waals surface area (Å²) in [6.07, 6.45) is -3.73. The molecule has 1 saturated heterocycles. The van der Waals surface area contributed by atoms with E-state index in [1.807, 2.05) is 6.92 Å². The summed E-state index contributed by atoms with van der Waals surface area (Å²) < 4.78 is 18.4. The van der Waals surface area contributed by atoms with Gasteiger partial charge in [-0.05, 0) is 43.2 Å². The van der Waals surface area contributed by atoms with Gasteiger partial charge < -0.3 is 23.8 Å². The lowest BCUT2D eigenvalue weighted by atomic mass is 10.0. The second-order valence-corrected chi connectivity index (χ2v) is 19.9. The minimum Gasteiger partial charge on any atom is -0.409 e. The van der Waals surface area contributed by atoms with E-state index in [0.29, 0.717) is 0 Å². The van der Waals surface area contributed by atoms with Gasteiger partial charge in [0, 0.05) is 0 Å². The topological polar surface area (TPSA) is 68.2 Å². The van der Waals surface area contributed by atoms with E-state index in [1.165, 1.54) is 0 Å². The zero-order valence-corrected chi connectivity index (χ0v) is 20.0. The second-order valence-electron chi connectivity index (χ2n) is 10.4. The maximum atomic E-state index is 11.0. The molecule has 0 aromatic heterocycles. The first-order valence-corrected chi connectivity index (χ1v) is 15.1. The molecule has 1 rings (SSSR count). The molecule has 0 unspecified atom stereocenters. The summed E-state index contributed by atoms with van der Waals surface area (Å²) in [5, 5.41) is 21.4. The summed E-state index contributed by atoms with van der Waals surface area (Å²) in [5.41, 5.74) is 0. The molecule has 2 N–H and O–H groups in total. The van der Waals surface area contributed by atoms with Gasteiger partial charge in [-0.3, -0.25) is 0 Å². The average molecular weight is 393 g/mol. The third-order valence-electron chi connectivity index (χ3n) is 6.24. The van der Waals surface area contributed by atoms with Gasteiger partial charge in [-0.25, -0.2) is 0 Å². The van der Waals surface area contributed by atoms with Crippen molar-refractivity contribution in [3.05, 3.63) is 0 Å². The lowest BCUT2D eigenvalue weighted by Crippen LogP contribution is -2.64. The lowest BCUT2D eigenvalue weighted by molar-refractivity contribution is -0.270. The van der Waals surface area contributed by atoms with Crippen LogP contribution in [0.5, 0.6) is 0 Å². The fourth-order valence-electron chi connectivity index (χ4n) is 2.34. The van der Waals surface area contributed by atoms with Crippen molar-refractivity contribution in [3.63, 3.8) is 0 Å². The summed E-state index contributed by atoms with van der Waals surface area (Å²) in [5.74, 6) is 0.